The highest BCUT2D eigenvalue weighted by Crippen LogP contribution is 2.47. The van der Waals surface area contributed by atoms with Gasteiger partial charge in [0.15, 0.2) is 6.49 Å². The van der Waals surface area contributed by atoms with E-state index >= 15 is 0 Å². The van der Waals surface area contributed by atoms with Gasteiger partial charge in [-0.15, -0.1) is 0 Å². The zero-order valence-electron chi connectivity index (χ0n) is 49.3. The monoisotopic (exact) mass is 1210 g/mol. The van der Waals surface area contributed by atoms with Gasteiger partial charge in [0.2, 0.25) is 35.4 Å². The summed E-state index contributed by atoms with van der Waals surface area (Å²) in [4.78, 5) is 88.7. The van der Waals surface area contributed by atoms with Crippen LogP contribution in [0.15, 0.2) is 0 Å². The van der Waals surface area contributed by atoms with E-state index in [9.17, 15) is 38.8 Å². The van der Waals surface area contributed by atoms with Crippen molar-refractivity contribution in [1.82, 2.24) is 31.9 Å². The first-order valence-corrected chi connectivity index (χ1v) is 31.4. The van der Waals surface area contributed by atoms with E-state index in [4.69, 9.17) is 68.4 Å². The summed E-state index contributed by atoms with van der Waals surface area (Å²) in [5.74, 6) is -2.69. The molecule has 6 amide bonds. The number of hydrogen-bond donors (Lipinski definition) is 8. The van der Waals surface area contributed by atoms with Gasteiger partial charge in [0.25, 0.3) is 0 Å². The molecular formula is C53H103N6O20PS. The summed E-state index contributed by atoms with van der Waals surface area (Å²) in [6.07, 6.45) is 5.45. The second kappa shape index (κ2) is 56.1. The lowest BCUT2D eigenvalue weighted by molar-refractivity contribution is -0.134. The molecule has 4 unspecified atom stereocenters. The Kier molecular flexibility index (Phi) is 53.9. The van der Waals surface area contributed by atoms with Crippen molar-refractivity contribution in [2.75, 3.05) is 186 Å². The van der Waals surface area contributed by atoms with Crippen LogP contribution >= 0.6 is 6.49 Å². The molecule has 0 radical (unpaired) electrons. The van der Waals surface area contributed by atoms with Crippen molar-refractivity contribution in [3.63, 3.8) is 0 Å². The maximum Gasteiger partial charge on any atom is 0.246 e. The number of rotatable bonds is 60. The first kappa shape index (κ1) is 77.9. The van der Waals surface area contributed by atoms with Gasteiger partial charge < -0.3 is 98.5 Å². The summed E-state index contributed by atoms with van der Waals surface area (Å²) in [7, 11) is 3.19. The lowest BCUT2D eigenvalue weighted by atomic mass is 10.0. The highest BCUT2D eigenvalue weighted by Gasteiger charge is 2.27. The Morgan fingerprint density at radius 3 is 1.27 bits per heavy atom. The van der Waals surface area contributed by atoms with E-state index in [0.29, 0.717) is 144 Å². The lowest BCUT2D eigenvalue weighted by Crippen LogP contribution is -2.54. The molecule has 0 saturated heterocycles. The molecule has 0 aromatic carbocycles. The zero-order valence-corrected chi connectivity index (χ0v) is 51.0. The minimum Gasteiger partial charge on any atom is -0.396 e. The van der Waals surface area contributed by atoms with Gasteiger partial charge in [0.05, 0.1) is 112 Å². The Bertz CT molecular complexity index is 1630. The van der Waals surface area contributed by atoms with Crippen molar-refractivity contribution in [1.29, 1.82) is 0 Å². The fourth-order valence-corrected chi connectivity index (χ4v) is 7.75. The molecule has 0 spiro atoms. The molecular weight excluding hydrogens is 1100 g/mol. The largest absolute Gasteiger partial charge is 0.396 e. The summed E-state index contributed by atoms with van der Waals surface area (Å²) in [6, 6.07) is -2.11. The number of carbonyl (C=O) groups excluding carboxylic acids is 6. The summed E-state index contributed by atoms with van der Waals surface area (Å²) >= 11 is 5.18. The third kappa shape index (κ3) is 50.0. The maximum absolute atomic E-state index is 14.0. The number of carbonyl (C=O) groups is 6. The first-order chi connectivity index (χ1) is 39.2. The molecule has 28 heteroatoms. The summed E-state index contributed by atoms with van der Waals surface area (Å²) in [6.45, 7) is 9.55. The van der Waals surface area contributed by atoms with Crippen LogP contribution in [0, 0.1) is 5.92 Å². The minimum atomic E-state index is -2.92. The van der Waals surface area contributed by atoms with E-state index in [-0.39, 0.29) is 128 Å². The summed E-state index contributed by atoms with van der Waals surface area (Å²) in [5, 5.41) is 26.6. The average Bonchev–Trinajstić information content (AvgIpc) is 3.44. The number of unbranched alkanes of at least 4 members (excludes halogenated alkanes) is 3. The standard InChI is InChI=1S/C53H103N6O20PS/c1-6-22-70-27-28-73-35-38-78-43-51(64)58-47(16-9-12-20-56-50(63)42-77-37-34-75-32-30-72-26-24-69-5)53(66)59-46(15-8-11-19-55-49(62)41-76-36-33-74-31-29-71-25-23-68-4)52(65)57-21-13-17-48(61)54-18-10-7-14-45(39-60)40-79-80(67,81)44(2)3/h44-47,60H,6-43H2,1-5H3,(H,54,61)(H,55,62)(H,56,63)(H,57,65)(H,58,64)(H,59,66)(H,67,81). The normalized spacial score (nSPS) is 13.3. The highest BCUT2D eigenvalue weighted by molar-refractivity contribution is 8.09. The molecule has 0 fully saturated rings. The predicted octanol–water partition coefficient (Wildman–Crippen LogP) is 0.899. The van der Waals surface area contributed by atoms with E-state index in [2.05, 4.69) is 31.9 Å². The van der Waals surface area contributed by atoms with Crippen LogP contribution < -0.4 is 31.9 Å². The molecule has 0 aromatic heterocycles. The minimum absolute atomic E-state index is 0.110. The molecule has 4 atom stereocenters. The van der Waals surface area contributed by atoms with Crippen LogP contribution in [0.2, 0.25) is 0 Å². The Hall–Kier alpha value is -3.09. The zero-order chi connectivity index (χ0) is 59.9. The quantitative estimate of drug-likeness (QED) is 0.0310. The van der Waals surface area contributed by atoms with Crippen LogP contribution in [0.25, 0.3) is 0 Å². The average molecular weight is 1210 g/mol. The molecule has 0 heterocycles. The van der Waals surface area contributed by atoms with Gasteiger partial charge in [-0.1, -0.05) is 27.2 Å². The molecule has 0 rings (SSSR count). The topological polar surface area (TPSA) is 326 Å². The number of nitrogens with one attached hydrogen (secondary N) is 6. The van der Waals surface area contributed by atoms with Gasteiger partial charge in [0.1, 0.15) is 31.9 Å². The third-order valence-corrected chi connectivity index (χ3v) is 15.0. The molecule has 81 heavy (non-hydrogen) atoms. The third-order valence-electron chi connectivity index (χ3n) is 11.6. The molecule has 476 valence electrons. The number of ether oxygens (including phenoxy) is 11. The SMILES string of the molecule is CCCOCCOCCOCC(=O)NC(CCCCNC(=O)COCCOCCOCCOC)C(=O)NC(CCCCNC(=O)COCCOCCOCCOC)C(=O)NCCCC(=O)NCCCCC(CO)COP(O)(=S)C(C)C. The van der Waals surface area contributed by atoms with Crippen LogP contribution in [0.4, 0.5) is 0 Å². The number of methoxy groups -OCH3 is 2. The van der Waals surface area contributed by atoms with Crippen LogP contribution in [-0.2, 0) is 97.2 Å². The maximum atomic E-state index is 14.0. The van der Waals surface area contributed by atoms with Crippen molar-refractivity contribution in [2.45, 2.75) is 116 Å². The van der Waals surface area contributed by atoms with E-state index < -0.39 is 36.3 Å². The van der Waals surface area contributed by atoms with Crippen LogP contribution in [0.3, 0.4) is 0 Å². The molecule has 0 saturated carbocycles. The Labute approximate surface area is 486 Å². The number of aliphatic hydroxyl groups is 1. The van der Waals surface area contributed by atoms with Gasteiger partial charge in [-0.25, -0.2) is 0 Å². The highest BCUT2D eigenvalue weighted by atomic mass is 32.5. The second-order valence-electron chi connectivity index (χ2n) is 18.9. The number of hydrogen-bond acceptors (Lipinski definition) is 20. The Morgan fingerprint density at radius 1 is 0.457 bits per heavy atom. The van der Waals surface area contributed by atoms with Crippen LogP contribution in [0.1, 0.15) is 97.8 Å². The van der Waals surface area contributed by atoms with Gasteiger partial charge >= 0.3 is 0 Å². The van der Waals surface area contributed by atoms with Crippen molar-refractivity contribution in [3.05, 3.63) is 0 Å². The van der Waals surface area contributed by atoms with Gasteiger partial charge in [-0.2, -0.15) is 0 Å². The van der Waals surface area contributed by atoms with Gasteiger partial charge in [-0.05, 0) is 76.0 Å². The van der Waals surface area contributed by atoms with Crippen LogP contribution in [-0.4, -0.2) is 249 Å². The molecule has 26 nitrogen and oxygen atoms in total. The first-order valence-electron chi connectivity index (χ1n) is 28.6. The summed E-state index contributed by atoms with van der Waals surface area (Å²) in [5.41, 5.74) is -0.185. The van der Waals surface area contributed by atoms with E-state index in [0.717, 1.165) is 6.42 Å². The number of amides is 6. The van der Waals surface area contributed by atoms with E-state index in [1.165, 1.54) is 0 Å². The van der Waals surface area contributed by atoms with E-state index in [1.807, 2.05) is 6.92 Å². The molecule has 8 N–H and O–H groups in total. The van der Waals surface area contributed by atoms with Crippen molar-refractivity contribution < 1.29 is 95.4 Å². The molecule has 0 aromatic rings. The molecule has 0 bridgehead atoms. The Balaban J connectivity index is 5.50. The molecule has 0 aliphatic carbocycles. The fraction of sp³-hybridized carbons (Fsp3) is 0.887. The lowest BCUT2D eigenvalue weighted by Gasteiger charge is -2.23. The van der Waals surface area contributed by atoms with Gasteiger partial charge in [0, 0.05) is 71.6 Å². The predicted molar refractivity (Wildman–Crippen MR) is 306 cm³/mol. The van der Waals surface area contributed by atoms with Crippen LogP contribution in [0.5, 0.6) is 0 Å². The van der Waals surface area contributed by atoms with Crippen molar-refractivity contribution in [2.24, 2.45) is 5.92 Å². The second-order valence-corrected chi connectivity index (χ2v) is 22.9. The number of aliphatic hydroxyl groups excluding tert-OH is 1. The van der Waals surface area contributed by atoms with Crippen molar-refractivity contribution in [3.8, 4) is 0 Å². The Morgan fingerprint density at radius 2 is 0.840 bits per heavy atom. The summed E-state index contributed by atoms with van der Waals surface area (Å²) < 4.78 is 64.1. The van der Waals surface area contributed by atoms with Crippen molar-refractivity contribution >= 4 is 53.7 Å². The fourth-order valence-electron chi connectivity index (χ4n) is 6.84. The molecule has 0 aliphatic rings. The van der Waals surface area contributed by atoms with Gasteiger partial charge in [-0.3, -0.25) is 28.8 Å². The molecule has 0 aliphatic heterocycles. The van der Waals surface area contributed by atoms with E-state index in [1.54, 1.807) is 28.1 Å². The smallest absolute Gasteiger partial charge is 0.246 e.